The number of nitrogens with zero attached hydrogens (tertiary/aromatic N) is 2. The summed E-state index contributed by atoms with van der Waals surface area (Å²) in [5.41, 5.74) is -0.496. The zero-order valence-electron chi connectivity index (χ0n) is 13.3. The molecule has 126 valence electrons. The molecule has 0 aromatic heterocycles. The molecular weight excluding hydrogens is 302 g/mol. The highest BCUT2D eigenvalue weighted by molar-refractivity contribution is 6.02. The van der Waals surface area contributed by atoms with E-state index in [-0.39, 0.29) is 22.7 Å². The minimum atomic E-state index is -0.628. The van der Waals surface area contributed by atoms with Crippen molar-refractivity contribution in [2.24, 2.45) is 0 Å². The summed E-state index contributed by atoms with van der Waals surface area (Å²) in [6, 6.07) is 2.90. The van der Waals surface area contributed by atoms with E-state index in [2.05, 4.69) is 10.2 Å². The Hall–Kier alpha value is -2.35. The fraction of sp³-hybridized carbons (Fsp3) is 0.533. The third-order valence-corrected chi connectivity index (χ3v) is 3.86. The van der Waals surface area contributed by atoms with Gasteiger partial charge < -0.3 is 19.7 Å². The number of nitrogens with one attached hydrogen (secondary N) is 1. The molecule has 0 saturated carbocycles. The van der Waals surface area contributed by atoms with Gasteiger partial charge in [-0.05, 0) is 38.1 Å². The first-order chi connectivity index (χ1) is 11.1. The summed E-state index contributed by atoms with van der Waals surface area (Å²) in [5, 5.41) is 14.1. The van der Waals surface area contributed by atoms with Gasteiger partial charge in [0, 0.05) is 13.1 Å². The van der Waals surface area contributed by atoms with E-state index in [1.807, 2.05) is 0 Å². The van der Waals surface area contributed by atoms with Gasteiger partial charge in [-0.15, -0.1) is 0 Å². The molecule has 1 heterocycles. The number of methoxy groups -OCH3 is 2. The van der Waals surface area contributed by atoms with E-state index in [4.69, 9.17) is 9.47 Å². The van der Waals surface area contributed by atoms with Crippen LogP contribution in [-0.4, -0.2) is 56.1 Å². The maximum Gasteiger partial charge on any atom is 0.327 e. The average Bonchev–Trinajstić information content (AvgIpc) is 3.06. The Labute approximate surface area is 134 Å². The van der Waals surface area contributed by atoms with E-state index >= 15 is 0 Å². The van der Waals surface area contributed by atoms with Crippen molar-refractivity contribution in [3.05, 3.63) is 27.8 Å². The molecule has 23 heavy (non-hydrogen) atoms. The van der Waals surface area contributed by atoms with E-state index < -0.39 is 10.8 Å². The molecule has 0 bridgehead atoms. The molecule has 1 N–H and O–H groups in total. The maximum absolute atomic E-state index is 12.4. The summed E-state index contributed by atoms with van der Waals surface area (Å²) < 4.78 is 10.1. The second-order valence-corrected chi connectivity index (χ2v) is 5.26. The molecule has 8 nitrogen and oxygen atoms in total. The van der Waals surface area contributed by atoms with E-state index in [9.17, 15) is 14.9 Å². The number of ether oxygens (including phenoxy) is 2. The Bertz CT molecular complexity index is 585. The van der Waals surface area contributed by atoms with Gasteiger partial charge in [-0.25, -0.2) is 0 Å². The molecule has 0 radical (unpaired) electrons. The molecular formula is C15H21N3O5. The number of likely N-dealkylation sites (tertiary alicyclic amines) is 1. The minimum absolute atomic E-state index is 0.0282. The predicted molar refractivity (Wildman–Crippen MR) is 84.2 cm³/mol. The minimum Gasteiger partial charge on any atom is -0.496 e. The first-order valence-electron chi connectivity index (χ1n) is 7.48. The van der Waals surface area contributed by atoms with E-state index in [0.717, 1.165) is 19.6 Å². The van der Waals surface area contributed by atoms with Crippen molar-refractivity contribution in [3.63, 3.8) is 0 Å². The van der Waals surface area contributed by atoms with Crippen molar-refractivity contribution in [2.45, 2.75) is 12.8 Å². The summed E-state index contributed by atoms with van der Waals surface area (Å²) >= 11 is 0. The van der Waals surface area contributed by atoms with Crippen LogP contribution < -0.4 is 14.8 Å². The third kappa shape index (κ3) is 3.89. The Balaban J connectivity index is 2.17. The van der Waals surface area contributed by atoms with Crippen LogP contribution in [0.15, 0.2) is 12.1 Å². The van der Waals surface area contributed by atoms with Crippen LogP contribution >= 0.6 is 0 Å². The van der Waals surface area contributed by atoms with E-state index in [1.165, 1.54) is 39.2 Å². The lowest BCUT2D eigenvalue weighted by molar-refractivity contribution is -0.386. The summed E-state index contributed by atoms with van der Waals surface area (Å²) in [6.07, 6.45) is 2.34. The number of carbonyl (C=O) groups excluding carboxylic acids is 1. The van der Waals surface area contributed by atoms with Crippen molar-refractivity contribution < 1.29 is 19.2 Å². The van der Waals surface area contributed by atoms with Crippen LogP contribution in [0.25, 0.3) is 0 Å². The largest absolute Gasteiger partial charge is 0.496 e. The number of hydrogen-bond donors (Lipinski definition) is 1. The lowest BCUT2D eigenvalue weighted by atomic mass is 10.1. The van der Waals surface area contributed by atoms with Gasteiger partial charge in [0.25, 0.3) is 5.91 Å². The van der Waals surface area contributed by atoms with Crippen LogP contribution in [0.4, 0.5) is 5.69 Å². The number of nitro benzene ring substituents is 1. The first-order valence-corrected chi connectivity index (χ1v) is 7.48. The summed E-state index contributed by atoms with van der Waals surface area (Å²) in [4.78, 5) is 25.4. The van der Waals surface area contributed by atoms with Gasteiger partial charge in [0.15, 0.2) is 11.3 Å². The van der Waals surface area contributed by atoms with Crippen LogP contribution in [0.5, 0.6) is 11.5 Å². The molecule has 0 aliphatic carbocycles. The monoisotopic (exact) mass is 323 g/mol. The molecule has 1 aromatic rings. The van der Waals surface area contributed by atoms with E-state index in [0.29, 0.717) is 6.54 Å². The normalized spacial score (nSPS) is 14.5. The van der Waals surface area contributed by atoms with Crippen LogP contribution in [0, 0.1) is 10.1 Å². The Kier molecular flexibility index (Phi) is 5.75. The first kappa shape index (κ1) is 17.0. The third-order valence-electron chi connectivity index (χ3n) is 3.86. The van der Waals surface area contributed by atoms with Gasteiger partial charge in [-0.3, -0.25) is 14.9 Å². The van der Waals surface area contributed by atoms with E-state index in [1.54, 1.807) is 0 Å². The predicted octanol–water partition coefficient (Wildman–Crippen LogP) is 1.44. The zero-order valence-corrected chi connectivity index (χ0v) is 13.3. The summed E-state index contributed by atoms with van der Waals surface area (Å²) in [5.74, 6) is -0.358. The topological polar surface area (TPSA) is 93.9 Å². The summed E-state index contributed by atoms with van der Waals surface area (Å²) in [7, 11) is 2.69. The fourth-order valence-electron chi connectivity index (χ4n) is 2.71. The number of amides is 1. The molecule has 1 fully saturated rings. The number of nitro groups is 1. The SMILES string of the molecule is COc1ccc(OC)c([N+](=O)[O-])c1C(=O)NCCN1CCCC1. The molecule has 8 heteroatoms. The van der Waals surface area contributed by atoms with Crippen LogP contribution in [-0.2, 0) is 0 Å². The Morgan fingerprint density at radius 3 is 2.43 bits per heavy atom. The molecule has 0 spiro atoms. The van der Waals surface area contributed by atoms with Gasteiger partial charge in [-0.2, -0.15) is 0 Å². The van der Waals surface area contributed by atoms with Crippen molar-refractivity contribution >= 4 is 11.6 Å². The van der Waals surface area contributed by atoms with Crippen LogP contribution in [0.2, 0.25) is 0 Å². The van der Waals surface area contributed by atoms with Gasteiger partial charge in [0.1, 0.15) is 5.75 Å². The Morgan fingerprint density at radius 2 is 1.87 bits per heavy atom. The lowest BCUT2D eigenvalue weighted by Crippen LogP contribution is -2.34. The molecule has 2 rings (SSSR count). The standard InChI is InChI=1S/C15H21N3O5/c1-22-11-5-6-12(23-2)14(18(20)21)13(11)15(19)16-7-10-17-8-3-4-9-17/h5-6H,3-4,7-10H2,1-2H3,(H,16,19). The van der Waals surface area contributed by atoms with Crippen LogP contribution in [0.3, 0.4) is 0 Å². The van der Waals surface area contributed by atoms with Crippen molar-refractivity contribution in [1.82, 2.24) is 10.2 Å². The number of carbonyl (C=O) groups is 1. The second kappa shape index (κ2) is 7.77. The highest BCUT2D eigenvalue weighted by Crippen LogP contribution is 2.36. The van der Waals surface area contributed by atoms with Gasteiger partial charge in [-0.1, -0.05) is 0 Å². The van der Waals surface area contributed by atoms with Crippen molar-refractivity contribution in [2.75, 3.05) is 40.4 Å². The smallest absolute Gasteiger partial charge is 0.327 e. The molecule has 1 amide bonds. The second-order valence-electron chi connectivity index (χ2n) is 5.26. The molecule has 0 unspecified atom stereocenters. The van der Waals surface area contributed by atoms with Gasteiger partial charge >= 0.3 is 5.69 Å². The number of hydrogen-bond acceptors (Lipinski definition) is 6. The van der Waals surface area contributed by atoms with Crippen LogP contribution in [0.1, 0.15) is 23.2 Å². The van der Waals surface area contributed by atoms with Crippen molar-refractivity contribution in [1.29, 1.82) is 0 Å². The number of rotatable bonds is 7. The van der Waals surface area contributed by atoms with Crippen molar-refractivity contribution in [3.8, 4) is 11.5 Å². The highest BCUT2D eigenvalue weighted by Gasteiger charge is 2.30. The molecule has 1 aromatic carbocycles. The molecule has 1 saturated heterocycles. The quantitative estimate of drug-likeness (QED) is 0.603. The lowest BCUT2D eigenvalue weighted by Gasteiger charge is -2.15. The average molecular weight is 323 g/mol. The van der Waals surface area contributed by atoms with Gasteiger partial charge in [0.05, 0.1) is 19.1 Å². The summed E-state index contributed by atoms with van der Waals surface area (Å²) in [6.45, 7) is 3.21. The molecule has 1 aliphatic heterocycles. The number of benzene rings is 1. The molecule has 0 atom stereocenters. The Morgan fingerprint density at radius 1 is 1.26 bits per heavy atom. The van der Waals surface area contributed by atoms with Gasteiger partial charge in [0.2, 0.25) is 0 Å². The molecule has 1 aliphatic rings. The zero-order chi connectivity index (χ0) is 16.8. The maximum atomic E-state index is 12.4. The highest BCUT2D eigenvalue weighted by atomic mass is 16.6. The fourth-order valence-corrected chi connectivity index (χ4v) is 2.71.